The molecule has 1 atom stereocenters. The summed E-state index contributed by atoms with van der Waals surface area (Å²) in [4.78, 5) is 16.8. The van der Waals surface area contributed by atoms with Crippen LogP contribution in [0.25, 0.3) is 11.3 Å². The van der Waals surface area contributed by atoms with Gasteiger partial charge in [0.25, 0.3) is 0 Å². The van der Waals surface area contributed by atoms with Crippen LogP contribution in [0, 0.1) is 11.3 Å². The highest BCUT2D eigenvalue weighted by Crippen LogP contribution is 2.27. The van der Waals surface area contributed by atoms with Crippen molar-refractivity contribution in [2.45, 2.75) is 5.92 Å². The predicted octanol–water partition coefficient (Wildman–Crippen LogP) is 4.06. The normalized spacial score (nSPS) is 11.4. The van der Waals surface area contributed by atoms with Crippen molar-refractivity contribution in [2.24, 2.45) is 0 Å². The number of amides is 1. The predicted molar refractivity (Wildman–Crippen MR) is 91.0 cm³/mol. The van der Waals surface area contributed by atoms with Gasteiger partial charge in [-0.05, 0) is 12.1 Å². The van der Waals surface area contributed by atoms with Gasteiger partial charge in [0.05, 0.1) is 11.8 Å². The van der Waals surface area contributed by atoms with E-state index < -0.39 is 5.92 Å². The molecule has 5 heteroatoms. The minimum absolute atomic E-state index is 0.368. The second kappa shape index (κ2) is 6.86. The van der Waals surface area contributed by atoms with Crippen molar-refractivity contribution in [1.29, 1.82) is 5.26 Å². The number of nitrogens with one attached hydrogen (secondary N) is 1. The first-order valence-electron chi connectivity index (χ1n) is 7.04. The number of carbonyl (C=O) groups is 1. The number of benzene rings is 2. The van der Waals surface area contributed by atoms with Crippen LogP contribution in [0.15, 0.2) is 66.0 Å². The van der Waals surface area contributed by atoms with Crippen LogP contribution in [0.2, 0.25) is 0 Å². The van der Waals surface area contributed by atoms with Crippen molar-refractivity contribution in [1.82, 2.24) is 4.98 Å². The number of hydrogen-bond acceptors (Lipinski definition) is 4. The average Bonchev–Trinajstić information content (AvgIpc) is 3.07. The summed E-state index contributed by atoms with van der Waals surface area (Å²) in [6.45, 7) is 0. The minimum Gasteiger partial charge on any atom is -0.325 e. The third kappa shape index (κ3) is 3.44. The Morgan fingerprint density at radius 2 is 1.74 bits per heavy atom. The molecule has 0 saturated heterocycles. The van der Waals surface area contributed by atoms with E-state index in [4.69, 9.17) is 0 Å². The van der Waals surface area contributed by atoms with E-state index >= 15 is 0 Å². The third-order valence-electron chi connectivity index (χ3n) is 3.27. The molecule has 4 nitrogen and oxygen atoms in total. The van der Waals surface area contributed by atoms with Gasteiger partial charge in [0.1, 0.15) is 5.01 Å². The van der Waals surface area contributed by atoms with Crippen LogP contribution in [0.3, 0.4) is 0 Å². The first-order valence-corrected chi connectivity index (χ1v) is 7.92. The average molecular weight is 319 g/mol. The SMILES string of the molecule is N#CC(C(=O)Nc1ccccc1)c1nc(-c2ccccc2)cs1. The van der Waals surface area contributed by atoms with E-state index in [0.29, 0.717) is 10.7 Å². The summed E-state index contributed by atoms with van der Waals surface area (Å²) in [5, 5.41) is 14.5. The molecule has 2 aromatic carbocycles. The van der Waals surface area contributed by atoms with Gasteiger partial charge in [0, 0.05) is 16.6 Å². The Labute approximate surface area is 138 Å². The molecule has 1 aromatic heterocycles. The molecule has 0 aliphatic carbocycles. The highest BCUT2D eigenvalue weighted by Gasteiger charge is 2.24. The molecule has 0 spiro atoms. The van der Waals surface area contributed by atoms with Crippen molar-refractivity contribution in [3.8, 4) is 17.3 Å². The van der Waals surface area contributed by atoms with Gasteiger partial charge >= 0.3 is 0 Å². The Morgan fingerprint density at radius 3 is 2.39 bits per heavy atom. The lowest BCUT2D eigenvalue weighted by molar-refractivity contribution is -0.116. The first kappa shape index (κ1) is 14.9. The van der Waals surface area contributed by atoms with Crippen LogP contribution in [0.1, 0.15) is 10.9 Å². The minimum atomic E-state index is -0.919. The largest absolute Gasteiger partial charge is 0.325 e. The Balaban J connectivity index is 1.80. The Morgan fingerprint density at radius 1 is 1.09 bits per heavy atom. The van der Waals surface area contributed by atoms with Gasteiger partial charge in [-0.3, -0.25) is 4.79 Å². The van der Waals surface area contributed by atoms with Crippen LogP contribution in [0.4, 0.5) is 5.69 Å². The highest BCUT2D eigenvalue weighted by molar-refractivity contribution is 7.10. The molecule has 3 rings (SSSR count). The number of nitrogens with zero attached hydrogens (tertiary/aromatic N) is 2. The fraction of sp³-hybridized carbons (Fsp3) is 0.0556. The number of thiazole rings is 1. The van der Waals surface area contributed by atoms with Crippen LogP contribution in [0.5, 0.6) is 0 Å². The number of nitriles is 1. The fourth-order valence-electron chi connectivity index (χ4n) is 2.12. The second-order valence-electron chi connectivity index (χ2n) is 4.85. The number of carbonyl (C=O) groups excluding carboxylic acids is 1. The first-order chi connectivity index (χ1) is 11.3. The smallest absolute Gasteiger partial charge is 0.248 e. The zero-order chi connectivity index (χ0) is 16.1. The molecule has 112 valence electrons. The van der Waals surface area contributed by atoms with Crippen LogP contribution in [-0.2, 0) is 4.79 Å². The van der Waals surface area contributed by atoms with Gasteiger partial charge in [-0.2, -0.15) is 5.26 Å². The van der Waals surface area contributed by atoms with Gasteiger partial charge in [-0.25, -0.2) is 4.98 Å². The number of rotatable bonds is 4. The van der Waals surface area contributed by atoms with Crippen LogP contribution < -0.4 is 5.32 Å². The third-order valence-corrected chi connectivity index (χ3v) is 4.18. The molecule has 23 heavy (non-hydrogen) atoms. The Bertz CT molecular complexity index is 837. The summed E-state index contributed by atoms with van der Waals surface area (Å²) < 4.78 is 0. The monoisotopic (exact) mass is 319 g/mol. The van der Waals surface area contributed by atoms with Gasteiger partial charge < -0.3 is 5.32 Å². The molecule has 1 N–H and O–H groups in total. The molecule has 0 aliphatic rings. The van der Waals surface area contributed by atoms with E-state index in [2.05, 4.69) is 10.3 Å². The van der Waals surface area contributed by atoms with Crippen molar-refractivity contribution in [3.05, 3.63) is 71.1 Å². The lowest BCUT2D eigenvalue weighted by Crippen LogP contribution is -2.19. The maximum atomic E-state index is 12.3. The second-order valence-corrected chi connectivity index (χ2v) is 5.74. The van der Waals surface area contributed by atoms with Crippen LogP contribution in [-0.4, -0.2) is 10.9 Å². The molecule has 0 saturated carbocycles. The number of anilines is 1. The standard InChI is InChI=1S/C18H13N3OS/c19-11-15(17(22)20-14-9-5-2-6-10-14)18-21-16(12-23-18)13-7-3-1-4-8-13/h1-10,12,15H,(H,20,22). The van der Waals surface area contributed by atoms with E-state index in [1.54, 1.807) is 12.1 Å². The molecule has 1 heterocycles. The molecule has 0 bridgehead atoms. The Hall–Kier alpha value is -2.97. The van der Waals surface area contributed by atoms with Gasteiger partial charge in [0.2, 0.25) is 5.91 Å². The van der Waals surface area contributed by atoms with E-state index in [0.717, 1.165) is 11.3 Å². The van der Waals surface area contributed by atoms with Crippen LogP contribution >= 0.6 is 11.3 Å². The maximum absolute atomic E-state index is 12.3. The summed E-state index contributed by atoms with van der Waals surface area (Å²) in [6, 6.07) is 20.8. The number of hydrogen-bond donors (Lipinski definition) is 1. The summed E-state index contributed by atoms with van der Waals surface area (Å²) in [5.74, 6) is -1.29. The van der Waals surface area contributed by atoms with E-state index in [1.807, 2.05) is 60.0 Å². The van der Waals surface area contributed by atoms with Crippen molar-refractivity contribution in [3.63, 3.8) is 0 Å². The molecule has 0 aliphatic heterocycles. The number of para-hydroxylation sites is 1. The topological polar surface area (TPSA) is 65.8 Å². The molecular weight excluding hydrogens is 306 g/mol. The lowest BCUT2D eigenvalue weighted by Gasteiger charge is -2.07. The van der Waals surface area contributed by atoms with E-state index in [1.165, 1.54) is 11.3 Å². The number of aromatic nitrogens is 1. The molecule has 0 radical (unpaired) electrons. The van der Waals surface area contributed by atoms with Crippen molar-refractivity contribution >= 4 is 22.9 Å². The lowest BCUT2D eigenvalue weighted by atomic mass is 10.1. The molecule has 1 amide bonds. The highest BCUT2D eigenvalue weighted by atomic mass is 32.1. The summed E-state index contributed by atoms with van der Waals surface area (Å²) in [5.41, 5.74) is 2.41. The quantitative estimate of drug-likeness (QED) is 0.788. The fourth-order valence-corrected chi connectivity index (χ4v) is 2.99. The summed E-state index contributed by atoms with van der Waals surface area (Å²) in [7, 11) is 0. The molecule has 3 aromatic rings. The van der Waals surface area contributed by atoms with Gasteiger partial charge in [-0.15, -0.1) is 11.3 Å². The van der Waals surface area contributed by atoms with Gasteiger partial charge in [0.15, 0.2) is 5.92 Å². The molecule has 1 unspecified atom stereocenters. The van der Waals surface area contributed by atoms with Crippen molar-refractivity contribution < 1.29 is 4.79 Å². The van der Waals surface area contributed by atoms with E-state index in [-0.39, 0.29) is 5.91 Å². The Kier molecular flexibility index (Phi) is 4.46. The van der Waals surface area contributed by atoms with Gasteiger partial charge in [-0.1, -0.05) is 48.5 Å². The van der Waals surface area contributed by atoms with Crippen molar-refractivity contribution in [2.75, 3.05) is 5.32 Å². The molecule has 0 fully saturated rings. The zero-order valence-corrected chi connectivity index (χ0v) is 13.0. The van der Waals surface area contributed by atoms with E-state index in [9.17, 15) is 10.1 Å². The summed E-state index contributed by atoms with van der Waals surface area (Å²) >= 11 is 1.32. The zero-order valence-electron chi connectivity index (χ0n) is 12.1. The summed E-state index contributed by atoms with van der Waals surface area (Å²) in [6.07, 6.45) is 0. The maximum Gasteiger partial charge on any atom is 0.248 e. The molecular formula is C18H13N3OS.